The van der Waals surface area contributed by atoms with Crippen LogP contribution in [0.2, 0.25) is 0 Å². The minimum absolute atomic E-state index is 0.270. The average molecular weight is 345 g/mol. The molecular weight excluding hydrogens is 329 g/mol. The molecule has 4 rings (SSSR count). The van der Waals surface area contributed by atoms with E-state index < -0.39 is 0 Å². The lowest BCUT2D eigenvalue weighted by Crippen LogP contribution is -1.95. The van der Waals surface area contributed by atoms with Crippen LogP contribution < -0.4 is 11.1 Å². The molecule has 0 atom stereocenters. The Morgan fingerprint density at radius 2 is 1.65 bits per heavy atom. The van der Waals surface area contributed by atoms with E-state index >= 15 is 0 Å². The van der Waals surface area contributed by atoms with Gasteiger partial charge in [-0.05, 0) is 60.7 Å². The van der Waals surface area contributed by atoms with E-state index in [4.69, 9.17) is 5.73 Å². The summed E-state index contributed by atoms with van der Waals surface area (Å²) >= 11 is 0. The van der Waals surface area contributed by atoms with Crippen LogP contribution in [0.4, 0.5) is 21.6 Å². The van der Waals surface area contributed by atoms with E-state index in [0.717, 1.165) is 28.2 Å². The number of nitrogens with zero attached hydrogens (tertiary/aromatic N) is 2. The predicted molar refractivity (Wildman–Crippen MR) is 101 cm³/mol. The fourth-order valence-electron chi connectivity index (χ4n) is 2.71. The lowest BCUT2D eigenvalue weighted by atomic mass is 10.1. The van der Waals surface area contributed by atoms with Crippen molar-refractivity contribution in [2.24, 2.45) is 0 Å². The van der Waals surface area contributed by atoms with Gasteiger partial charge in [0.2, 0.25) is 0 Å². The molecule has 4 aromatic rings. The lowest BCUT2D eigenvalue weighted by Gasteiger charge is -2.08. The van der Waals surface area contributed by atoms with Gasteiger partial charge in [0.25, 0.3) is 0 Å². The van der Waals surface area contributed by atoms with Gasteiger partial charge in [0, 0.05) is 28.7 Å². The smallest absolute Gasteiger partial charge is 0.130 e. The second kappa shape index (κ2) is 6.68. The Morgan fingerprint density at radius 3 is 2.42 bits per heavy atom. The first-order valence-corrected chi connectivity index (χ1v) is 8.07. The van der Waals surface area contributed by atoms with Crippen LogP contribution in [0, 0.1) is 5.82 Å². The van der Waals surface area contributed by atoms with Crippen molar-refractivity contribution >= 4 is 17.2 Å². The molecule has 26 heavy (non-hydrogen) atoms. The molecule has 0 aliphatic carbocycles. The number of H-pyrrole nitrogens is 1. The molecule has 0 spiro atoms. The third-order valence-electron chi connectivity index (χ3n) is 3.99. The number of imidazole rings is 1. The third kappa shape index (κ3) is 3.25. The van der Waals surface area contributed by atoms with E-state index in [1.165, 1.54) is 12.1 Å². The summed E-state index contributed by atoms with van der Waals surface area (Å²) in [6, 6.07) is 17.5. The monoisotopic (exact) mass is 345 g/mol. The molecule has 0 saturated heterocycles. The largest absolute Gasteiger partial charge is 0.399 e. The number of rotatable bonds is 4. The molecule has 0 radical (unpaired) electrons. The molecule has 0 saturated carbocycles. The Balaban J connectivity index is 1.66. The number of nitrogens with two attached hydrogens (primary N) is 1. The number of hydrogen-bond donors (Lipinski definition) is 3. The number of aromatic nitrogens is 3. The van der Waals surface area contributed by atoms with Crippen molar-refractivity contribution in [3.63, 3.8) is 0 Å². The first-order chi connectivity index (χ1) is 12.7. The van der Waals surface area contributed by atoms with Crippen molar-refractivity contribution in [3.8, 4) is 22.5 Å². The quantitative estimate of drug-likeness (QED) is 0.472. The standard InChI is InChI=1S/C20H16FN5/c21-15-3-1-13(2-4-15)19-20(25-12-24-19)14-9-10-23-18(11-14)26-17-7-5-16(22)6-8-17/h1-12H,22H2,(H,23,26)(H,24,25). The second-order valence-electron chi connectivity index (χ2n) is 5.81. The number of halogens is 1. The maximum Gasteiger partial charge on any atom is 0.130 e. The van der Waals surface area contributed by atoms with Crippen LogP contribution in [-0.4, -0.2) is 15.0 Å². The van der Waals surface area contributed by atoms with Gasteiger partial charge in [-0.1, -0.05) is 0 Å². The van der Waals surface area contributed by atoms with E-state index in [1.54, 1.807) is 24.7 Å². The van der Waals surface area contributed by atoms with Crippen molar-refractivity contribution < 1.29 is 4.39 Å². The number of hydrogen-bond acceptors (Lipinski definition) is 4. The zero-order valence-electron chi connectivity index (χ0n) is 13.8. The van der Waals surface area contributed by atoms with E-state index in [2.05, 4.69) is 20.3 Å². The summed E-state index contributed by atoms with van der Waals surface area (Å²) in [5, 5.41) is 3.25. The summed E-state index contributed by atoms with van der Waals surface area (Å²) in [5.74, 6) is 0.425. The van der Waals surface area contributed by atoms with E-state index in [-0.39, 0.29) is 5.82 Å². The van der Waals surface area contributed by atoms with Crippen molar-refractivity contribution in [2.45, 2.75) is 0 Å². The van der Waals surface area contributed by atoms with Gasteiger partial charge in [-0.3, -0.25) is 0 Å². The van der Waals surface area contributed by atoms with Gasteiger partial charge in [0.05, 0.1) is 17.7 Å². The molecular formula is C20H16FN5. The first-order valence-electron chi connectivity index (χ1n) is 8.07. The molecule has 2 aromatic carbocycles. The van der Waals surface area contributed by atoms with Crippen LogP contribution in [0.5, 0.6) is 0 Å². The Labute approximate surface area is 149 Å². The van der Waals surface area contributed by atoms with Crippen LogP contribution in [0.1, 0.15) is 0 Å². The van der Waals surface area contributed by atoms with E-state index in [9.17, 15) is 4.39 Å². The highest BCUT2D eigenvalue weighted by Gasteiger charge is 2.11. The molecule has 128 valence electrons. The molecule has 0 aliphatic heterocycles. The number of nitrogen functional groups attached to an aromatic ring is 1. The van der Waals surface area contributed by atoms with Crippen LogP contribution >= 0.6 is 0 Å². The Kier molecular flexibility index (Phi) is 4.07. The fourth-order valence-corrected chi connectivity index (χ4v) is 2.71. The predicted octanol–water partition coefficient (Wildman–Crippen LogP) is 4.60. The van der Waals surface area contributed by atoms with Gasteiger partial charge in [0.1, 0.15) is 11.6 Å². The molecule has 0 unspecified atom stereocenters. The highest BCUT2D eigenvalue weighted by atomic mass is 19.1. The zero-order valence-corrected chi connectivity index (χ0v) is 13.8. The molecule has 0 fully saturated rings. The third-order valence-corrected chi connectivity index (χ3v) is 3.99. The number of anilines is 3. The Hall–Kier alpha value is -3.67. The van der Waals surface area contributed by atoms with E-state index in [0.29, 0.717) is 11.5 Å². The fraction of sp³-hybridized carbons (Fsp3) is 0. The highest BCUT2D eigenvalue weighted by molar-refractivity contribution is 5.79. The van der Waals surface area contributed by atoms with Crippen molar-refractivity contribution in [1.82, 2.24) is 15.0 Å². The number of pyridine rings is 1. The van der Waals surface area contributed by atoms with Gasteiger partial charge in [-0.15, -0.1) is 0 Å². The van der Waals surface area contributed by atoms with E-state index in [1.807, 2.05) is 36.4 Å². The minimum Gasteiger partial charge on any atom is -0.399 e. The van der Waals surface area contributed by atoms with Gasteiger partial charge in [-0.2, -0.15) is 0 Å². The SMILES string of the molecule is Nc1ccc(Nc2cc(-c3nc[nH]c3-c3ccc(F)cc3)ccn2)cc1. The normalized spacial score (nSPS) is 10.7. The van der Waals surface area contributed by atoms with Crippen molar-refractivity contribution in [1.29, 1.82) is 0 Å². The topological polar surface area (TPSA) is 79.6 Å². The first kappa shape index (κ1) is 15.8. The van der Waals surface area contributed by atoms with Gasteiger partial charge >= 0.3 is 0 Å². The second-order valence-corrected chi connectivity index (χ2v) is 5.81. The molecule has 2 aromatic heterocycles. The van der Waals surface area contributed by atoms with Crippen LogP contribution in [-0.2, 0) is 0 Å². The number of aromatic amines is 1. The molecule has 0 bridgehead atoms. The summed E-state index contributed by atoms with van der Waals surface area (Å²) in [5.41, 5.74) is 10.7. The zero-order chi connectivity index (χ0) is 17.9. The Morgan fingerprint density at radius 1 is 0.885 bits per heavy atom. The maximum absolute atomic E-state index is 13.2. The molecule has 0 aliphatic rings. The van der Waals surface area contributed by atoms with Crippen LogP contribution in [0.15, 0.2) is 73.2 Å². The van der Waals surface area contributed by atoms with Gasteiger partial charge < -0.3 is 16.0 Å². The van der Waals surface area contributed by atoms with Gasteiger partial charge in [0.15, 0.2) is 0 Å². The lowest BCUT2D eigenvalue weighted by molar-refractivity contribution is 0.628. The molecule has 2 heterocycles. The van der Waals surface area contributed by atoms with Crippen molar-refractivity contribution in [2.75, 3.05) is 11.1 Å². The summed E-state index contributed by atoms with van der Waals surface area (Å²) in [4.78, 5) is 11.9. The summed E-state index contributed by atoms with van der Waals surface area (Å²) in [6.07, 6.45) is 3.35. The Bertz CT molecular complexity index is 1020. The number of nitrogens with one attached hydrogen (secondary N) is 2. The molecule has 6 heteroatoms. The number of benzene rings is 2. The summed E-state index contributed by atoms with van der Waals surface area (Å²) in [6.45, 7) is 0. The van der Waals surface area contributed by atoms with Gasteiger partial charge in [-0.25, -0.2) is 14.4 Å². The summed E-state index contributed by atoms with van der Waals surface area (Å²) in [7, 11) is 0. The molecule has 5 nitrogen and oxygen atoms in total. The van der Waals surface area contributed by atoms with Crippen LogP contribution in [0.3, 0.4) is 0 Å². The maximum atomic E-state index is 13.2. The summed E-state index contributed by atoms with van der Waals surface area (Å²) < 4.78 is 13.2. The average Bonchev–Trinajstić information content (AvgIpc) is 3.14. The van der Waals surface area contributed by atoms with Crippen LogP contribution in [0.25, 0.3) is 22.5 Å². The van der Waals surface area contributed by atoms with Crippen molar-refractivity contribution in [3.05, 3.63) is 79.0 Å². The molecule has 4 N–H and O–H groups in total. The highest BCUT2D eigenvalue weighted by Crippen LogP contribution is 2.30. The minimum atomic E-state index is -0.270. The molecule has 0 amide bonds.